The fraction of sp³-hybridized carbons (Fsp3) is 0.500. The summed E-state index contributed by atoms with van der Waals surface area (Å²) in [6.45, 7) is 2.99. The zero-order chi connectivity index (χ0) is 5.15. The Bertz CT molecular complexity index is 57.6. The topological polar surface area (TPSA) is 20.2 Å². The van der Waals surface area contributed by atoms with Crippen molar-refractivity contribution in [3.63, 3.8) is 0 Å². The lowest BCUT2D eigenvalue weighted by molar-refractivity contribution is 0.276. The van der Waals surface area contributed by atoms with Gasteiger partial charge in [0.2, 0.25) is 0 Å². The van der Waals surface area contributed by atoms with Crippen molar-refractivity contribution in [3.05, 3.63) is 11.6 Å². The van der Waals surface area contributed by atoms with Gasteiger partial charge in [0.1, 0.15) is 0 Å². The van der Waals surface area contributed by atoms with Gasteiger partial charge in [0.05, 0.1) is 0 Å². The van der Waals surface area contributed by atoms with Gasteiger partial charge >= 0.3 is 0 Å². The van der Waals surface area contributed by atoms with E-state index in [1.165, 1.54) is 13.8 Å². The first kappa shape index (κ1) is 5.47. The zero-order valence-electron chi connectivity index (χ0n) is 3.83. The summed E-state index contributed by atoms with van der Waals surface area (Å²) >= 11 is 0. The summed E-state index contributed by atoms with van der Waals surface area (Å²) in [5.41, 5.74) is 0.315. The van der Waals surface area contributed by atoms with Crippen LogP contribution in [0.3, 0.4) is 0 Å². The maximum atomic E-state index is 11.3. The Morgan fingerprint density at radius 2 is 1.67 bits per heavy atom. The number of aliphatic hydroxyl groups is 1. The third-order valence-corrected chi connectivity index (χ3v) is 0.413. The van der Waals surface area contributed by atoms with Gasteiger partial charge in [0.25, 0.3) is 6.01 Å². The van der Waals surface area contributed by atoms with Crippen LogP contribution >= 0.6 is 0 Å². The fourth-order valence-corrected chi connectivity index (χ4v) is 0. The Hall–Kier alpha value is -0.530. The summed E-state index contributed by atoms with van der Waals surface area (Å²) in [5.74, 6) is 0. The first-order valence-electron chi connectivity index (χ1n) is 1.66. The normalized spacial score (nSPS) is 7.83. The lowest BCUT2D eigenvalue weighted by atomic mass is 10.4. The second-order valence-corrected chi connectivity index (χ2v) is 1.29. The quantitative estimate of drug-likeness (QED) is 0.449. The Kier molecular flexibility index (Phi) is 1.64. The Balaban J connectivity index is 3.68. The highest BCUT2D eigenvalue weighted by molar-refractivity contribution is 4.91. The third kappa shape index (κ3) is 1.76. The molecule has 0 atom stereocenters. The van der Waals surface area contributed by atoms with Crippen LogP contribution in [0.5, 0.6) is 0 Å². The molecule has 0 aromatic rings. The number of halogens is 1. The van der Waals surface area contributed by atoms with Crippen molar-refractivity contribution in [2.24, 2.45) is 0 Å². The van der Waals surface area contributed by atoms with E-state index in [1.807, 2.05) is 0 Å². The average molecular weight is 90.1 g/mol. The van der Waals surface area contributed by atoms with E-state index < -0.39 is 6.01 Å². The van der Waals surface area contributed by atoms with Gasteiger partial charge in [-0.2, -0.15) is 4.39 Å². The van der Waals surface area contributed by atoms with E-state index in [9.17, 15) is 4.39 Å². The van der Waals surface area contributed by atoms with Gasteiger partial charge in [-0.1, -0.05) is 0 Å². The molecular formula is C4H7FO. The lowest BCUT2D eigenvalue weighted by Crippen LogP contribution is -1.69. The van der Waals surface area contributed by atoms with Crippen molar-refractivity contribution in [3.8, 4) is 0 Å². The molecule has 0 saturated heterocycles. The maximum absolute atomic E-state index is 11.3. The predicted molar refractivity (Wildman–Crippen MR) is 22.1 cm³/mol. The summed E-state index contributed by atoms with van der Waals surface area (Å²) < 4.78 is 11.3. The van der Waals surface area contributed by atoms with E-state index in [-0.39, 0.29) is 0 Å². The van der Waals surface area contributed by atoms with Gasteiger partial charge in [-0.3, -0.25) is 0 Å². The molecule has 6 heavy (non-hydrogen) atoms. The average Bonchev–Trinajstić information content (AvgIpc) is 1.36. The highest BCUT2D eigenvalue weighted by Crippen LogP contribution is 1.96. The van der Waals surface area contributed by atoms with E-state index in [1.54, 1.807) is 0 Å². The summed E-state index contributed by atoms with van der Waals surface area (Å²) in [7, 11) is 0. The monoisotopic (exact) mass is 90.0 g/mol. The van der Waals surface area contributed by atoms with Crippen molar-refractivity contribution in [2.45, 2.75) is 13.8 Å². The van der Waals surface area contributed by atoms with Crippen LogP contribution in [0.4, 0.5) is 4.39 Å². The summed E-state index contributed by atoms with van der Waals surface area (Å²) in [5, 5.41) is 7.84. The molecule has 0 aromatic carbocycles. The molecule has 0 aliphatic heterocycles. The van der Waals surface area contributed by atoms with E-state index in [0.717, 1.165) is 0 Å². The molecule has 0 aliphatic carbocycles. The van der Waals surface area contributed by atoms with Crippen molar-refractivity contribution in [1.82, 2.24) is 0 Å². The molecule has 0 aromatic heterocycles. The van der Waals surface area contributed by atoms with Crippen LogP contribution in [0.2, 0.25) is 0 Å². The Morgan fingerprint density at radius 3 is 1.67 bits per heavy atom. The van der Waals surface area contributed by atoms with Crippen LogP contribution in [-0.2, 0) is 0 Å². The van der Waals surface area contributed by atoms with E-state index >= 15 is 0 Å². The van der Waals surface area contributed by atoms with Gasteiger partial charge < -0.3 is 5.11 Å². The number of aliphatic hydroxyl groups excluding tert-OH is 1. The van der Waals surface area contributed by atoms with Gasteiger partial charge in [0, 0.05) is 0 Å². The van der Waals surface area contributed by atoms with Gasteiger partial charge in [-0.15, -0.1) is 0 Å². The van der Waals surface area contributed by atoms with E-state index in [0.29, 0.717) is 5.57 Å². The predicted octanol–water partition coefficient (Wildman–Crippen LogP) is 1.77. The van der Waals surface area contributed by atoms with Crippen molar-refractivity contribution < 1.29 is 9.50 Å². The number of allylic oxidation sites excluding steroid dienone is 1. The standard InChI is InChI=1S/C4H7FO/c1-3(2)4(5)6/h6H,1-2H3. The van der Waals surface area contributed by atoms with Crippen LogP contribution in [0.15, 0.2) is 11.6 Å². The molecule has 0 amide bonds. The van der Waals surface area contributed by atoms with Crippen molar-refractivity contribution in [1.29, 1.82) is 0 Å². The molecule has 36 valence electrons. The molecule has 0 rings (SSSR count). The summed E-state index contributed by atoms with van der Waals surface area (Å²) in [6.07, 6.45) is 0. The second-order valence-electron chi connectivity index (χ2n) is 1.29. The highest BCUT2D eigenvalue weighted by Gasteiger charge is 1.84. The summed E-state index contributed by atoms with van der Waals surface area (Å²) in [4.78, 5) is 0. The van der Waals surface area contributed by atoms with Crippen LogP contribution < -0.4 is 0 Å². The number of rotatable bonds is 0. The molecule has 0 saturated carbocycles. The largest absolute Gasteiger partial charge is 0.486 e. The van der Waals surface area contributed by atoms with Crippen LogP contribution in [-0.4, -0.2) is 5.11 Å². The Morgan fingerprint density at radius 1 is 1.50 bits per heavy atom. The minimum absolute atomic E-state index is 0.315. The minimum atomic E-state index is -1.07. The maximum Gasteiger partial charge on any atom is 0.268 e. The zero-order valence-corrected chi connectivity index (χ0v) is 3.83. The number of hydrogen-bond acceptors (Lipinski definition) is 1. The minimum Gasteiger partial charge on any atom is -0.486 e. The molecule has 0 unspecified atom stereocenters. The van der Waals surface area contributed by atoms with Crippen molar-refractivity contribution >= 4 is 0 Å². The molecule has 0 aliphatic rings. The molecule has 1 N–H and O–H groups in total. The fourth-order valence-electron chi connectivity index (χ4n) is 0. The van der Waals surface area contributed by atoms with Crippen LogP contribution in [0, 0.1) is 0 Å². The number of hydrogen-bond donors (Lipinski definition) is 1. The van der Waals surface area contributed by atoms with E-state index in [2.05, 4.69) is 0 Å². The highest BCUT2D eigenvalue weighted by atomic mass is 19.1. The first-order chi connectivity index (χ1) is 2.64. The molecule has 1 nitrogen and oxygen atoms in total. The van der Waals surface area contributed by atoms with Gasteiger partial charge in [0.15, 0.2) is 0 Å². The smallest absolute Gasteiger partial charge is 0.268 e. The Labute approximate surface area is 36.1 Å². The van der Waals surface area contributed by atoms with Gasteiger partial charge in [-0.25, -0.2) is 0 Å². The third-order valence-electron chi connectivity index (χ3n) is 0.413. The van der Waals surface area contributed by atoms with E-state index in [4.69, 9.17) is 5.11 Å². The molecule has 0 spiro atoms. The van der Waals surface area contributed by atoms with Crippen molar-refractivity contribution in [2.75, 3.05) is 0 Å². The molecule has 0 bridgehead atoms. The molecule has 2 heteroatoms. The molecular weight excluding hydrogens is 83.0 g/mol. The first-order valence-corrected chi connectivity index (χ1v) is 1.66. The lowest BCUT2D eigenvalue weighted by Gasteiger charge is -1.82. The van der Waals surface area contributed by atoms with Crippen LogP contribution in [0.25, 0.3) is 0 Å². The molecule has 0 heterocycles. The molecule has 0 fully saturated rings. The van der Waals surface area contributed by atoms with Crippen LogP contribution in [0.1, 0.15) is 13.8 Å². The summed E-state index contributed by atoms with van der Waals surface area (Å²) in [6, 6.07) is -1.07. The second kappa shape index (κ2) is 1.80. The molecule has 0 radical (unpaired) electrons. The SMILES string of the molecule is CC(C)=C(O)F. The van der Waals surface area contributed by atoms with Gasteiger partial charge in [-0.05, 0) is 19.4 Å².